The monoisotopic (exact) mass is 330 g/mol. The van der Waals surface area contributed by atoms with E-state index < -0.39 is 46.4 Å². The van der Waals surface area contributed by atoms with E-state index in [2.05, 4.69) is 0 Å². The number of rotatable bonds is 0. The number of hydrogen-bond donors (Lipinski definition) is 1. The highest BCUT2D eigenvalue weighted by atomic mass is 16.6. The molecule has 1 saturated carbocycles. The number of ether oxygens (including phenoxy) is 2. The van der Waals surface area contributed by atoms with Crippen LogP contribution in [0.1, 0.15) is 20.8 Å². The van der Waals surface area contributed by atoms with E-state index in [4.69, 9.17) is 9.47 Å². The smallest absolute Gasteiger partial charge is 0.313 e. The van der Waals surface area contributed by atoms with E-state index in [1.807, 2.05) is 0 Å². The molecule has 2 heterocycles. The van der Waals surface area contributed by atoms with Gasteiger partial charge < -0.3 is 14.6 Å². The van der Waals surface area contributed by atoms with Crippen molar-refractivity contribution in [1.82, 2.24) is 0 Å². The third-order valence-corrected chi connectivity index (χ3v) is 7.16. The molecule has 2 unspecified atom stereocenters. The predicted octanol–water partition coefficient (Wildman–Crippen LogP) is 0.338. The highest BCUT2D eigenvalue weighted by Crippen LogP contribution is 2.69. The molecule has 6 heteroatoms. The summed E-state index contributed by atoms with van der Waals surface area (Å²) >= 11 is 0. The number of fused-ring (bicyclic) bond motifs is 2. The van der Waals surface area contributed by atoms with Crippen LogP contribution in [0.5, 0.6) is 0 Å². The number of esters is 1. The van der Waals surface area contributed by atoms with Gasteiger partial charge in [0.2, 0.25) is 0 Å². The van der Waals surface area contributed by atoms with Crippen LogP contribution in [-0.2, 0) is 23.9 Å². The summed E-state index contributed by atoms with van der Waals surface area (Å²) in [5.74, 6) is -2.39. The SMILES string of the molecule is CC1=CC(=O)[C@@]2(C)C1=CC(=O)[C@@]13CO[C@@]4(C)C1C(=O)O[C@H]4[C@H](O)C23. The summed E-state index contributed by atoms with van der Waals surface area (Å²) < 4.78 is 11.3. The summed E-state index contributed by atoms with van der Waals surface area (Å²) in [5, 5.41) is 11.1. The minimum Gasteiger partial charge on any atom is -0.456 e. The molecule has 0 aromatic carbocycles. The quantitative estimate of drug-likeness (QED) is 0.644. The van der Waals surface area contributed by atoms with E-state index in [1.165, 1.54) is 12.2 Å². The fraction of sp³-hybridized carbons (Fsp3) is 0.611. The molecule has 0 aromatic rings. The van der Waals surface area contributed by atoms with Crippen molar-refractivity contribution in [3.8, 4) is 0 Å². The van der Waals surface area contributed by atoms with E-state index in [0.29, 0.717) is 5.57 Å². The Morgan fingerprint density at radius 3 is 2.58 bits per heavy atom. The van der Waals surface area contributed by atoms with Gasteiger partial charge in [0.15, 0.2) is 17.7 Å². The average molecular weight is 330 g/mol. The summed E-state index contributed by atoms with van der Waals surface area (Å²) in [6, 6.07) is 0. The summed E-state index contributed by atoms with van der Waals surface area (Å²) in [6.07, 6.45) is 1.04. The van der Waals surface area contributed by atoms with Crippen LogP contribution in [0, 0.1) is 22.7 Å². The average Bonchev–Trinajstić information content (AvgIpc) is 2.97. The first-order chi connectivity index (χ1) is 11.2. The number of carbonyl (C=O) groups is 3. The zero-order valence-corrected chi connectivity index (χ0v) is 13.7. The second-order valence-corrected chi connectivity index (χ2v) is 8.09. The number of aliphatic hydroxyl groups is 1. The van der Waals surface area contributed by atoms with Crippen molar-refractivity contribution < 1.29 is 29.0 Å². The van der Waals surface area contributed by atoms with Gasteiger partial charge in [-0.2, -0.15) is 0 Å². The maximum atomic E-state index is 13.2. The summed E-state index contributed by atoms with van der Waals surface area (Å²) in [4.78, 5) is 38.5. The maximum absolute atomic E-state index is 13.2. The Bertz CT molecular complexity index is 808. The van der Waals surface area contributed by atoms with Gasteiger partial charge in [-0.3, -0.25) is 14.4 Å². The Labute approximate surface area is 138 Å². The molecule has 3 aliphatic carbocycles. The lowest BCUT2D eigenvalue weighted by atomic mass is 9.45. The minimum absolute atomic E-state index is 0.0338. The predicted molar refractivity (Wildman–Crippen MR) is 79.6 cm³/mol. The molecule has 5 aliphatic rings. The molecular formula is C18H18O6. The lowest BCUT2D eigenvalue weighted by Gasteiger charge is -2.53. The van der Waals surface area contributed by atoms with Crippen LogP contribution in [0.2, 0.25) is 0 Å². The van der Waals surface area contributed by atoms with Crippen LogP contribution >= 0.6 is 0 Å². The third kappa shape index (κ3) is 1.13. The normalized spacial score (nSPS) is 54.2. The van der Waals surface area contributed by atoms with Gasteiger partial charge in [-0.15, -0.1) is 0 Å². The van der Waals surface area contributed by atoms with Gasteiger partial charge in [0.1, 0.15) is 11.5 Å². The lowest BCUT2D eigenvalue weighted by Crippen LogP contribution is -2.67. The largest absolute Gasteiger partial charge is 0.456 e. The van der Waals surface area contributed by atoms with Gasteiger partial charge in [0.25, 0.3) is 0 Å². The second kappa shape index (κ2) is 3.73. The Morgan fingerprint density at radius 2 is 1.88 bits per heavy atom. The first-order valence-electron chi connectivity index (χ1n) is 8.21. The van der Waals surface area contributed by atoms with Crippen molar-refractivity contribution in [2.45, 2.75) is 38.6 Å². The van der Waals surface area contributed by atoms with Crippen molar-refractivity contribution in [3.63, 3.8) is 0 Å². The van der Waals surface area contributed by atoms with Crippen molar-refractivity contribution in [1.29, 1.82) is 0 Å². The van der Waals surface area contributed by atoms with Crippen LogP contribution in [-0.4, -0.2) is 47.1 Å². The molecule has 2 saturated heterocycles. The van der Waals surface area contributed by atoms with E-state index >= 15 is 0 Å². The van der Waals surface area contributed by atoms with E-state index in [1.54, 1.807) is 20.8 Å². The number of carbonyl (C=O) groups excluding carboxylic acids is 3. The molecule has 4 bridgehead atoms. The van der Waals surface area contributed by atoms with Crippen molar-refractivity contribution >= 4 is 17.5 Å². The first kappa shape index (κ1) is 14.5. The molecule has 1 N–H and O–H groups in total. The molecule has 0 radical (unpaired) electrons. The maximum Gasteiger partial charge on any atom is 0.313 e. The highest BCUT2D eigenvalue weighted by molar-refractivity contribution is 6.11. The van der Waals surface area contributed by atoms with Crippen LogP contribution < -0.4 is 0 Å². The molecular weight excluding hydrogens is 312 g/mol. The first-order valence-corrected chi connectivity index (χ1v) is 8.21. The van der Waals surface area contributed by atoms with Gasteiger partial charge in [-0.25, -0.2) is 0 Å². The van der Waals surface area contributed by atoms with Crippen LogP contribution in [0.25, 0.3) is 0 Å². The summed E-state index contributed by atoms with van der Waals surface area (Å²) in [7, 11) is 0. The molecule has 2 aliphatic heterocycles. The van der Waals surface area contributed by atoms with Crippen molar-refractivity contribution in [2.75, 3.05) is 6.61 Å². The van der Waals surface area contributed by atoms with Crippen LogP contribution in [0.15, 0.2) is 23.3 Å². The topological polar surface area (TPSA) is 89.9 Å². The Balaban J connectivity index is 1.84. The standard InChI is InChI=1S/C18H18O6/c1-7-4-9(19)16(2)8(7)5-10(20)18-6-23-17(3)13(18)15(22)24-14(17)11(21)12(16)18/h4-5,11-14,21H,6H2,1-3H3/t11-,12?,13?,14+,16-,17+,18-/m1/s1. The van der Waals surface area contributed by atoms with E-state index in [0.717, 1.165) is 5.57 Å². The molecule has 24 heavy (non-hydrogen) atoms. The molecule has 0 aromatic heterocycles. The Kier molecular flexibility index (Phi) is 2.26. The summed E-state index contributed by atoms with van der Waals surface area (Å²) in [6.45, 7) is 5.31. The Hall–Kier alpha value is -1.79. The van der Waals surface area contributed by atoms with Crippen molar-refractivity contribution in [3.05, 3.63) is 23.3 Å². The Morgan fingerprint density at radius 1 is 1.17 bits per heavy atom. The van der Waals surface area contributed by atoms with E-state index in [-0.39, 0.29) is 18.2 Å². The van der Waals surface area contributed by atoms with Crippen LogP contribution in [0.3, 0.4) is 0 Å². The molecule has 0 amide bonds. The van der Waals surface area contributed by atoms with Gasteiger partial charge in [-0.05, 0) is 44.1 Å². The number of allylic oxidation sites excluding steroid dienone is 4. The molecule has 6 nitrogen and oxygen atoms in total. The minimum atomic E-state index is -1.23. The zero-order chi connectivity index (χ0) is 17.2. The zero-order valence-electron chi connectivity index (χ0n) is 13.7. The van der Waals surface area contributed by atoms with Gasteiger partial charge in [-0.1, -0.05) is 0 Å². The molecule has 7 atom stereocenters. The van der Waals surface area contributed by atoms with E-state index in [9.17, 15) is 19.5 Å². The molecule has 1 spiro atoms. The fourth-order valence-corrected chi connectivity index (χ4v) is 6.15. The fourth-order valence-electron chi connectivity index (χ4n) is 6.15. The number of aliphatic hydroxyl groups excluding tert-OH is 1. The molecule has 5 rings (SSSR count). The summed E-state index contributed by atoms with van der Waals surface area (Å²) in [5.41, 5.74) is -1.89. The molecule has 126 valence electrons. The van der Waals surface area contributed by atoms with Gasteiger partial charge >= 0.3 is 5.97 Å². The van der Waals surface area contributed by atoms with Crippen molar-refractivity contribution in [2.24, 2.45) is 22.7 Å². The molecule has 3 fully saturated rings. The third-order valence-electron chi connectivity index (χ3n) is 7.16. The lowest BCUT2D eigenvalue weighted by molar-refractivity contribution is -0.165. The second-order valence-electron chi connectivity index (χ2n) is 8.09. The highest BCUT2D eigenvalue weighted by Gasteiger charge is 2.82. The van der Waals surface area contributed by atoms with Gasteiger partial charge in [0.05, 0.1) is 23.5 Å². The number of hydrogen-bond acceptors (Lipinski definition) is 6. The van der Waals surface area contributed by atoms with Crippen LogP contribution in [0.4, 0.5) is 0 Å². The van der Waals surface area contributed by atoms with Gasteiger partial charge in [0, 0.05) is 5.92 Å². The number of ketones is 2.